The molecule has 1 aromatic rings. The second-order valence-corrected chi connectivity index (χ2v) is 5.40. The predicted octanol–water partition coefficient (Wildman–Crippen LogP) is 2.10. The Balaban J connectivity index is 2.06. The zero-order valence-corrected chi connectivity index (χ0v) is 14.7. The number of ether oxygens (including phenoxy) is 3. The van der Waals surface area contributed by atoms with Gasteiger partial charge in [-0.1, -0.05) is 0 Å². The number of hydrogen-bond acceptors (Lipinski definition) is 7. The summed E-state index contributed by atoms with van der Waals surface area (Å²) in [4.78, 5) is 20.5. The number of methoxy groups -OCH3 is 3. The maximum absolute atomic E-state index is 12.3. The standard InChI is InChI=1S/C17H18N4O4/c1-9-10(2)20-21-12(16(22)19-17(21)18-9)6-11-7-13(23-3)15(25-5)14(8-11)24-4/h6-8H,1-5H3. The zero-order chi connectivity index (χ0) is 18.1. The summed E-state index contributed by atoms with van der Waals surface area (Å²) in [6.45, 7) is 3.65. The van der Waals surface area contributed by atoms with Gasteiger partial charge < -0.3 is 14.2 Å². The van der Waals surface area contributed by atoms with E-state index in [0.717, 1.165) is 11.4 Å². The summed E-state index contributed by atoms with van der Waals surface area (Å²) in [6, 6.07) is 3.49. The van der Waals surface area contributed by atoms with Gasteiger partial charge in [0.1, 0.15) is 5.70 Å². The molecule has 0 bridgehead atoms. The minimum Gasteiger partial charge on any atom is -0.493 e. The van der Waals surface area contributed by atoms with Crippen LogP contribution in [0.5, 0.6) is 17.2 Å². The van der Waals surface area contributed by atoms with Gasteiger partial charge in [0, 0.05) is 0 Å². The van der Waals surface area contributed by atoms with Gasteiger partial charge in [0.15, 0.2) is 11.5 Å². The van der Waals surface area contributed by atoms with Crippen molar-refractivity contribution in [3.63, 3.8) is 0 Å². The SMILES string of the molecule is COc1cc(C=C2C(=O)N=C3N=C(C)C(C)=NN23)cc(OC)c1OC. The number of guanidine groups is 1. The third-order valence-electron chi connectivity index (χ3n) is 3.87. The number of hydrogen-bond donors (Lipinski definition) is 0. The van der Waals surface area contributed by atoms with E-state index >= 15 is 0 Å². The lowest BCUT2D eigenvalue weighted by atomic mass is 10.1. The van der Waals surface area contributed by atoms with Crippen molar-refractivity contribution in [2.24, 2.45) is 15.1 Å². The van der Waals surface area contributed by atoms with E-state index < -0.39 is 5.91 Å². The highest BCUT2D eigenvalue weighted by molar-refractivity contribution is 6.43. The first-order valence-electron chi connectivity index (χ1n) is 7.54. The molecule has 0 saturated heterocycles. The first-order chi connectivity index (χ1) is 12.0. The molecule has 0 unspecified atom stereocenters. The number of aliphatic imine (C=N–C) groups is 2. The minimum atomic E-state index is -0.404. The van der Waals surface area contributed by atoms with Crippen LogP contribution in [0.25, 0.3) is 6.08 Å². The van der Waals surface area contributed by atoms with Crippen LogP contribution in [-0.2, 0) is 4.79 Å². The highest BCUT2D eigenvalue weighted by Crippen LogP contribution is 2.39. The quantitative estimate of drug-likeness (QED) is 0.782. The van der Waals surface area contributed by atoms with Gasteiger partial charge >= 0.3 is 0 Å². The second-order valence-electron chi connectivity index (χ2n) is 5.40. The number of rotatable bonds is 4. The van der Waals surface area contributed by atoms with E-state index in [4.69, 9.17) is 14.2 Å². The Morgan fingerprint density at radius 3 is 2.16 bits per heavy atom. The van der Waals surface area contributed by atoms with E-state index in [1.807, 2.05) is 13.8 Å². The van der Waals surface area contributed by atoms with Crippen molar-refractivity contribution in [1.29, 1.82) is 0 Å². The molecule has 2 aliphatic rings. The van der Waals surface area contributed by atoms with Crippen LogP contribution in [0.2, 0.25) is 0 Å². The summed E-state index contributed by atoms with van der Waals surface area (Å²) >= 11 is 0. The molecule has 25 heavy (non-hydrogen) atoms. The van der Waals surface area contributed by atoms with Gasteiger partial charge in [-0.2, -0.15) is 15.1 Å². The molecule has 8 heteroatoms. The molecule has 0 spiro atoms. The van der Waals surface area contributed by atoms with Gasteiger partial charge in [-0.25, -0.2) is 4.99 Å². The summed E-state index contributed by atoms with van der Waals surface area (Å²) in [5.41, 5.74) is 2.45. The van der Waals surface area contributed by atoms with Crippen LogP contribution >= 0.6 is 0 Å². The van der Waals surface area contributed by atoms with Crippen molar-refractivity contribution in [2.45, 2.75) is 13.8 Å². The van der Waals surface area contributed by atoms with Crippen molar-refractivity contribution in [2.75, 3.05) is 21.3 Å². The lowest BCUT2D eigenvalue weighted by Crippen LogP contribution is -2.28. The van der Waals surface area contributed by atoms with E-state index in [0.29, 0.717) is 28.5 Å². The first-order valence-corrected chi connectivity index (χ1v) is 7.54. The average molecular weight is 342 g/mol. The van der Waals surface area contributed by atoms with Gasteiger partial charge in [0.2, 0.25) is 5.75 Å². The number of carbonyl (C=O) groups is 1. The first kappa shape index (κ1) is 16.7. The maximum Gasteiger partial charge on any atom is 0.299 e. The van der Waals surface area contributed by atoms with Crippen LogP contribution < -0.4 is 14.2 Å². The molecule has 130 valence electrons. The topological polar surface area (TPSA) is 85.1 Å². The molecule has 0 radical (unpaired) electrons. The number of fused-ring (bicyclic) bond motifs is 1. The van der Waals surface area contributed by atoms with Crippen molar-refractivity contribution >= 4 is 29.4 Å². The third-order valence-corrected chi connectivity index (χ3v) is 3.87. The number of hydrazone groups is 1. The maximum atomic E-state index is 12.3. The van der Waals surface area contributed by atoms with E-state index in [9.17, 15) is 4.79 Å². The number of nitrogens with zero attached hydrogens (tertiary/aromatic N) is 4. The van der Waals surface area contributed by atoms with Gasteiger partial charge in [-0.15, -0.1) is 0 Å². The Labute approximate surface area is 145 Å². The van der Waals surface area contributed by atoms with Gasteiger partial charge in [0.25, 0.3) is 11.9 Å². The van der Waals surface area contributed by atoms with Crippen molar-refractivity contribution < 1.29 is 19.0 Å². The Morgan fingerprint density at radius 1 is 0.960 bits per heavy atom. The molecular formula is C17H18N4O4. The summed E-state index contributed by atoms with van der Waals surface area (Å²) < 4.78 is 16.0. The molecule has 8 nitrogen and oxygen atoms in total. The normalized spacial score (nSPS) is 17.8. The number of benzene rings is 1. The lowest BCUT2D eigenvalue weighted by molar-refractivity contribution is -0.114. The molecule has 1 aromatic carbocycles. The van der Waals surface area contributed by atoms with Gasteiger partial charge in [0.05, 0.1) is 32.8 Å². The monoisotopic (exact) mass is 342 g/mol. The highest BCUT2D eigenvalue weighted by Gasteiger charge is 2.32. The molecule has 0 N–H and O–H groups in total. The van der Waals surface area contributed by atoms with E-state index in [1.165, 1.54) is 26.3 Å². The average Bonchev–Trinajstić information content (AvgIpc) is 2.89. The van der Waals surface area contributed by atoms with E-state index in [1.54, 1.807) is 18.2 Å². The van der Waals surface area contributed by atoms with E-state index in [-0.39, 0.29) is 5.96 Å². The highest BCUT2D eigenvalue weighted by atomic mass is 16.5. The van der Waals surface area contributed by atoms with Crippen molar-refractivity contribution in [3.05, 3.63) is 23.4 Å². The third kappa shape index (κ3) is 2.86. The molecule has 2 heterocycles. The summed E-state index contributed by atoms with van der Waals surface area (Å²) in [7, 11) is 4.60. The predicted molar refractivity (Wildman–Crippen MR) is 94.6 cm³/mol. The van der Waals surface area contributed by atoms with E-state index in [2.05, 4.69) is 15.1 Å². The van der Waals surface area contributed by atoms with Crippen LogP contribution in [0.15, 0.2) is 32.9 Å². The van der Waals surface area contributed by atoms with Crippen LogP contribution in [-0.4, -0.2) is 49.6 Å². The van der Waals surface area contributed by atoms with Gasteiger partial charge in [-0.3, -0.25) is 4.79 Å². The van der Waals surface area contributed by atoms with Gasteiger partial charge in [-0.05, 0) is 37.6 Å². The Morgan fingerprint density at radius 2 is 1.60 bits per heavy atom. The molecular weight excluding hydrogens is 324 g/mol. The molecule has 2 aliphatic heterocycles. The summed E-state index contributed by atoms with van der Waals surface area (Å²) in [5, 5.41) is 5.82. The Bertz CT molecular complexity index is 842. The number of carbonyl (C=O) groups excluding carboxylic acids is 1. The summed E-state index contributed by atoms with van der Waals surface area (Å²) in [6.07, 6.45) is 1.66. The molecule has 3 rings (SSSR count). The number of amides is 1. The van der Waals surface area contributed by atoms with Crippen molar-refractivity contribution in [1.82, 2.24) is 5.01 Å². The molecule has 1 amide bonds. The van der Waals surface area contributed by atoms with Crippen LogP contribution in [0, 0.1) is 0 Å². The zero-order valence-electron chi connectivity index (χ0n) is 14.7. The largest absolute Gasteiger partial charge is 0.493 e. The minimum absolute atomic E-state index is 0.270. The fourth-order valence-corrected chi connectivity index (χ4v) is 2.48. The van der Waals surface area contributed by atoms with Crippen LogP contribution in [0.1, 0.15) is 19.4 Å². The molecule has 0 atom stereocenters. The molecule has 0 fully saturated rings. The molecule has 0 saturated carbocycles. The smallest absolute Gasteiger partial charge is 0.299 e. The Hall–Kier alpha value is -3.16. The van der Waals surface area contributed by atoms with Crippen LogP contribution in [0.4, 0.5) is 0 Å². The Kier molecular flexibility index (Phi) is 4.26. The fraction of sp³-hybridized carbons (Fsp3) is 0.294. The summed E-state index contributed by atoms with van der Waals surface area (Å²) in [5.74, 6) is 1.33. The van der Waals surface area contributed by atoms with Crippen LogP contribution in [0.3, 0.4) is 0 Å². The van der Waals surface area contributed by atoms with Crippen molar-refractivity contribution in [3.8, 4) is 17.2 Å². The molecule has 0 aromatic heterocycles. The molecule has 0 aliphatic carbocycles. The lowest BCUT2D eigenvalue weighted by Gasteiger charge is -2.18. The fourth-order valence-electron chi connectivity index (χ4n) is 2.48. The second kappa shape index (κ2) is 6.39.